The molecule has 2 bridgehead atoms. The molecule has 17 heavy (non-hydrogen) atoms. The van der Waals surface area contributed by atoms with E-state index in [1.165, 1.54) is 0 Å². The van der Waals surface area contributed by atoms with Crippen molar-refractivity contribution in [1.82, 2.24) is 0 Å². The van der Waals surface area contributed by atoms with Crippen LogP contribution >= 0.6 is 0 Å². The number of aliphatic hydroxyl groups is 1. The van der Waals surface area contributed by atoms with Crippen LogP contribution in [-0.2, 0) is 0 Å². The largest absolute Gasteiger partial charge is 0.426 e. The van der Waals surface area contributed by atoms with Gasteiger partial charge in [0.2, 0.25) is 0 Å². The number of alkyl halides is 6. The fourth-order valence-corrected chi connectivity index (χ4v) is 3.46. The van der Waals surface area contributed by atoms with Crippen molar-refractivity contribution in [2.45, 2.75) is 50.1 Å². The molecule has 0 unspecified atom stereocenters. The summed E-state index contributed by atoms with van der Waals surface area (Å²) in [6.45, 7) is 0. The lowest BCUT2D eigenvalue weighted by Gasteiger charge is -2.45. The maximum Gasteiger partial charge on any atom is 0.426 e. The number of halogens is 6. The molecule has 2 saturated carbocycles. The highest BCUT2D eigenvalue weighted by molar-refractivity contribution is 5.13. The number of hydrogen-bond acceptors (Lipinski definition) is 1. The minimum absolute atomic E-state index is 0.105. The molecule has 2 fully saturated rings. The molecule has 1 N–H and O–H groups in total. The van der Waals surface area contributed by atoms with Gasteiger partial charge in [-0.2, -0.15) is 26.3 Å². The summed E-state index contributed by atoms with van der Waals surface area (Å²) in [6, 6.07) is 0. The van der Waals surface area contributed by atoms with Crippen LogP contribution < -0.4 is 0 Å². The molecular weight excluding hydrogens is 250 g/mol. The summed E-state index contributed by atoms with van der Waals surface area (Å²) in [5.74, 6) is -0.105. The first-order chi connectivity index (χ1) is 7.54. The Morgan fingerprint density at radius 1 is 0.882 bits per heavy atom. The second kappa shape index (κ2) is 3.30. The smallest absolute Gasteiger partial charge is 0.373 e. The van der Waals surface area contributed by atoms with Crippen LogP contribution in [0, 0.1) is 11.3 Å². The first kappa shape index (κ1) is 13.0. The van der Waals surface area contributed by atoms with E-state index < -0.39 is 23.4 Å². The number of hydrogen-bond donors (Lipinski definition) is 1. The molecule has 0 atom stereocenters. The maximum absolute atomic E-state index is 12.7. The lowest BCUT2D eigenvalue weighted by Crippen LogP contribution is -2.66. The van der Waals surface area contributed by atoms with Gasteiger partial charge >= 0.3 is 12.4 Å². The molecule has 0 aliphatic heterocycles. The Morgan fingerprint density at radius 3 is 1.53 bits per heavy atom. The van der Waals surface area contributed by atoms with Gasteiger partial charge in [0.15, 0.2) is 0 Å². The molecule has 0 amide bonds. The van der Waals surface area contributed by atoms with E-state index in [2.05, 4.69) is 0 Å². The molecule has 0 aromatic carbocycles. The molecule has 2 aliphatic carbocycles. The zero-order valence-electron chi connectivity index (χ0n) is 8.83. The second-order valence-corrected chi connectivity index (χ2v) is 5.13. The Bertz CT molecular complexity index is 296. The molecule has 0 heterocycles. The molecule has 2 rings (SSSR count). The lowest BCUT2D eigenvalue weighted by atomic mass is 9.68. The van der Waals surface area contributed by atoms with Gasteiger partial charge in [0.05, 0.1) is 0 Å². The lowest BCUT2D eigenvalue weighted by molar-refractivity contribution is -0.403. The highest BCUT2D eigenvalue weighted by atomic mass is 19.4. The Labute approximate surface area is 93.8 Å². The molecule has 0 saturated heterocycles. The molecule has 2 aliphatic rings. The molecular formula is C10H12F6O. The Kier molecular flexibility index (Phi) is 2.52. The van der Waals surface area contributed by atoms with E-state index in [0.29, 0.717) is 12.8 Å². The van der Waals surface area contributed by atoms with Crippen LogP contribution in [0.4, 0.5) is 26.3 Å². The third-order valence-electron chi connectivity index (χ3n) is 4.33. The van der Waals surface area contributed by atoms with Crippen LogP contribution in [0.3, 0.4) is 0 Å². The van der Waals surface area contributed by atoms with E-state index in [1.54, 1.807) is 0 Å². The van der Waals surface area contributed by atoms with Gasteiger partial charge in [0.1, 0.15) is 0 Å². The normalized spacial score (nSPS) is 34.4. The zero-order chi connectivity index (χ0) is 13.1. The van der Waals surface area contributed by atoms with E-state index in [9.17, 15) is 31.4 Å². The third-order valence-corrected chi connectivity index (χ3v) is 4.33. The molecule has 0 aromatic rings. The summed E-state index contributed by atoms with van der Waals surface area (Å²) >= 11 is 0. The predicted octanol–water partition coefficient (Wildman–Crippen LogP) is 3.42. The van der Waals surface area contributed by atoms with Crippen LogP contribution in [0.15, 0.2) is 0 Å². The fourth-order valence-electron chi connectivity index (χ4n) is 3.46. The van der Waals surface area contributed by atoms with Gasteiger partial charge in [0, 0.05) is 5.41 Å². The highest BCUT2D eigenvalue weighted by Crippen LogP contribution is 2.66. The number of fused-ring (bicyclic) bond motifs is 2. The van der Waals surface area contributed by atoms with Crippen LogP contribution in [0.1, 0.15) is 32.1 Å². The molecule has 0 radical (unpaired) electrons. The average Bonchev–Trinajstić information content (AvgIpc) is 2.73. The van der Waals surface area contributed by atoms with E-state index in [-0.39, 0.29) is 25.2 Å². The summed E-state index contributed by atoms with van der Waals surface area (Å²) in [7, 11) is 0. The SMILES string of the molecule is OC(C(F)(F)F)(C(F)(F)F)C12CCC(CC1)C2. The van der Waals surface area contributed by atoms with Gasteiger partial charge in [-0.25, -0.2) is 0 Å². The van der Waals surface area contributed by atoms with Crippen molar-refractivity contribution in [3.63, 3.8) is 0 Å². The van der Waals surface area contributed by atoms with E-state index in [4.69, 9.17) is 0 Å². The Morgan fingerprint density at radius 2 is 1.29 bits per heavy atom. The third kappa shape index (κ3) is 1.50. The van der Waals surface area contributed by atoms with Crippen LogP contribution in [-0.4, -0.2) is 23.1 Å². The maximum atomic E-state index is 12.7. The molecule has 0 spiro atoms. The first-order valence-corrected chi connectivity index (χ1v) is 5.39. The van der Waals surface area contributed by atoms with E-state index in [0.717, 1.165) is 0 Å². The van der Waals surface area contributed by atoms with E-state index >= 15 is 0 Å². The molecule has 100 valence electrons. The van der Waals surface area contributed by atoms with Crippen LogP contribution in [0.2, 0.25) is 0 Å². The minimum Gasteiger partial charge on any atom is -0.373 e. The zero-order valence-corrected chi connectivity index (χ0v) is 8.83. The molecule has 1 nitrogen and oxygen atoms in total. The standard InChI is InChI=1S/C10H12F6O/c11-9(12,13)8(17,10(14,15)16)7-3-1-6(5-7)2-4-7/h6,17H,1-5H2. The summed E-state index contributed by atoms with van der Waals surface area (Å²) in [5, 5.41) is 9.41. The Balaban J connectivity index is 2.49. The van der Waals surface area contributed by atoms with Crippen molar-refractivity contribution in [3.05, 3.63) is 0 Å². The summed E-state index contributed by atoms with van der Waals surface area (Å²) < 4.78 is 76.4. The monoisotopic (exact) mass is 262 g/mol. The number of rotatable bonds is 1. The fraction of sp³-hybridized carbons (Fsp3) is 1.00. The van der Waals surface area contributed by atoms with Crippen LogP contribution in [0.5, 0.6) is 0 Å². The van der Waals surface area contributed by atoms with Gasteiger partial charge in [-0.05, 0) is 38.0 Å². The van der Waals surface area contributed by atoms with Crippen molar-refractivity contribution >= 4 is 0 Å². The van der Waals surface area contributed by atoms with Gasteiger partial charge in [-0.1, -0.05) is 0 Å². The minimum atomic E-state index is -5.68. The quantitative estimate of drug-likeness (QED) is 0.718. The van der Waals surface area contributed by atoms with Gasteiger partial charge in [-0.3, -0.25) is 0 Å². The van der Waals surface area contributed by atoms with Crippen molar-refractivity contribution in [2.75, 3.05) is 0 Å². The molecule has 7 heteroatoms. The van der Waals surface area contributed by atoms with Crippen molar-refractivity contribution in [3.8, 4) is 0 Å². The predicted molar refractivity (Wildman–Crippen MR) is 46.1 cm³/mol. The topological polar surface area (TPSA) is 20.2 Å². The highest BCUT2D eigenvalue weighted by Gasteiger charge is 2.80. The van der Waals surface area contributed by atoms with Gasteiger partial charge in [0.25, 0.3) is 5.60 Å². The van der Waals surface area contributed by atoms with Crippen molar-refractivity contribution in [2.24, 2.45) is 11.3 Å². The summed E-state index contributed by atoms with van der Waals surface area (Å²) in [6.07, 6.45) is -11.2. The Hall–Kier alpha value is -0.460. The summed E-state index contributed by atoms with van der Waals surface area (Å²) in [5.41, 5.74) is -6.62. The van der Waals surface area contributed by atoms with Crippen molar-refractivity contribution < 1.29 is 31.4 Å². The average molecular weight is 262 g/mol. The molecule has 0 aromatic heterocycles. The van der Waals surface area contributed by atoms with Gasteiger partial charge in [-0.15, -0.1) is 0 Å². The van der Waals surface area contributed by atoms with Crippen molar-refractivity contribution in [1.29, 1.82) is 0 Å². The summed E-state index contributed by atoms with van der Waals surface area (Å²) in [4.78, 5) is 0. The first-order valence-electron chi connectivity index (χ1n) is 5.39. The second-order valence-electron chi connectivity index (χ2n) is 5.13. The van der Waals surface area contributed by atoms with Crippen LogP contribution in [0.25, 0.3) is 0 Å². The van der Waals surface area contributed by atoms with Gasteiger partial charge < -0.3 is 5.11 Å². The van der Waals surface area contributed by atoms with E-state index in [1.807, 2.05) is 0 Å².